The number of amides is 2. The molecule has 0 saturated heterocycles. The zero-order chi connectivity index (χ0) is 19.2. The second kappa shape index (κ2) is 8.95. The van der Waals surface area contributed by atoms with Crippen LogP contribution in [0.1, 0.15) is 36.3 Å². The highest BCUT2D eigenvalue weighted by atomic mass is 19.1. The maximum Gasteiger partial charge on any atom is 0.315 e. The highest BCUT2D eigenvalue weighted by molar-refractivity contribution is 5.74. The van der Waals surface area contributed by atoms with Gasteiger partial charge in [0.15, 0.2) is 0 Å². The van der Waals surface area contributed by atoms with Gasteiger partial charge >= 0.3 is 6.03 Å². The van der Waals surface area contributed by atoms with Crippen LogP contribution < -0.4 is 16.4 Å². The van der Waals surface area contributed by atoms with Gasteiger partial charge in [-0.3, -0.25) is 0 Å². The third-order valence-corrected chi connectivity index (χ3v) is 5.02. The minimum atomic E-state index is -0.574. The third-order valence-electron chi connectivity index (χ3n) is 5.02. The lowest BCUT2D eigenvalue weighted by Gasteiger charge is -2.36. The van der Waals surface area contributed by atoms with Crippen molar-refractivity contribution in [2.75, 3.05) is 6.54 Å². The number of nitrogens with one attached hydrogen (secondary N) is 2. The number of rotatable bonds is 7. The summed E-state index contributed by atoms with van der Waals surface area (Å²) in [6, 6.07) is 13.4. The predicted octanol–water partition coefficient (Wildman–Crippen LogP) is 3.47. The molecular weight excluding hydrogens is 348 g/mol. The molecular formula is C21H25F2N3O. The van der Waals surface area contributed by atoms with Crippen molar-refractivity contribution in [3.05, 3.63) is 71.3 Å². The van der Waals surface area contributed by atoms with Gasteiger partial charge in [-0.1, -0.05) is 36.4 Å². The van der Waals surface area contributed by atoms with E-state index in [1.165, 1.54) is 17.7 Å². The van der Waals surface area contributed by atoms with E-state index in [4.69, 9.17) is 5.73 Å². The topological polar surface area (TPSA) is 67.1 Å². The van der Waals surface area contributed by atoms with Crippen molar-refractivity contribution in [1.82, 2.24) is 10.6 Å². The Labute approximate surface area is 158 Å². The summed E-state index contributed by atoms with van der Waals surface area (Å²) in [5, 5.41) is 5.70. The van der Waals surface area contributed by atoms with Crippen LogP contribution in [0.5, 0.6) is 0 Å². The van der Waals surface area contributed by atoms with E-state index in [1.807, 2.05) is 30.3 Å². The number of hydrogen-bond donors (Lipinski definition) is 3. The molecule has 3 rings (SSSR count). The van der Waals surface area contributed by atoms with Crippen molar-refractivity contribution in [2.24, 2.45) is 5.73 Å². The lowest BCUT2D eigenvalue weighted by Crippen LogP contribution is -2.48. The predicted molar refractivity (Wildman–Crippen MR) is 101 cm³/mol. The number of urea groups is 1. The summed E-state index contributed by atoms with van der Waals surface area (Å²) in [5.41, 5.74) is 7.80. The minimum Gasteiger partial charge on any atom is -0.338 e. The molecule has 2 aromatic rings. The second-order valence-corrected chi connectivity index (χ2v) is 7.17. The van der Waals surface area contributed by atoms with Crippen molar-refractivity contribution in [2.45, 2.75) is 43.7 Å². The molecule has 1 saturated carbocycles. The van der Waals surface area contributed by atoms with E-state index in [9.17, 15) is 13.6 Å². The molecule has 4 N–H and O–H groups in total. The summed E-state index contributed by atoms with van der Waals surface area (Å²) < 4.78 is 26.7. The van der Waals surface area contributed by atoms with Crippen molar-refractivity contribution < 1.29 is 13.6 Å². The summed E-state index contributed by atoms with van der Waals surface area (Å²) in [5.74, 6) is -1.07. The molecule has 1 atom stereocenters. The van der Waals surface area contributed by atoms with Gasteiger partial charge in [0.2, 0.25) is 0 Å². The zero-order valence-electron chi connectivity index (χ0n) is 15.1. The summed E-state index contributed by atoms with van der Waals surface area (Å²) >= 11 is 0. The molecule has 4 nitrogen and oxygen atoms in total. The van der Waals surface area contributed by atoms with Crippen LogP contribution in [0.3, 0.4) is 0 Å². The molecule has 27 heavy (non-hydrogen) atoms. The quantitative estimate of drug-likeness (QED) is 0.696. The third kappa shape index (κ3) is 5.50. The molecule has 0 bridgehead atoms. The standard InChI is InChI=1S/C21H25F2N3O/c22-16-6-7-19(20(23)13-16)15-11-18(12-15)26-21(27)25-9-8-17(24)10-14-4-2-1-3-5-14/h1-7,13,15,17-18H,8-12,24H2,(H2,25,26,27). The first kappa shape index (κ1) is 19.3. The molecule has 1 fully saturated rings. The molecule has 1 unspecified atom stereocenters. The van der Waals surface area contributed by atoms with E-state index >= 15 is 0 Å². The Morgan fingerprint density at radius 1 is 1.15 bits per heavy atom. The van der Waals surface area contributed by atoms with Gasteiger partial charge < -0.3 is 16.4 Å². The van der Waals surface area contributed by atoms with Crippen molar-refractivity contribution in [3.8, 4) is 0 Å². The van der Waals surface area contributed by atoms with E-state index in [0.29, 0.717) is 31.4 Å². The molecule has 2 amide bonds. The zero-order valence-corrected chi connectivity index (χ0v) is 15.1. The molecule has 0 spiro atoms. The first-order valence-electron chi connectivity index (χ1n) is 9.30. The van der Waals surface area contributed by atoms with E-state index in [1.54, 1.807) is 0 Å². The fourth-order valence-corrected chi connectivity index (χ4v) is 3.45. The smallest absolute Gasteiger partial charge is 0.315 e. The Balaban J connectivity index is 1.32. The van der Waals surface area contributed by atoms with Crippen molar-refractivity contribution in [1.29, 1.82) is 0 Å². The Morgan fingerprint density at radius 3 is 2.59 bits per heavy atom. The highest BCUT2D eigenvalue weighted by Crippen LogP contribution is 2.38. The minimum absolute atomic E-state index is 0.0115. The van der Waals surface area contributed by atoms with Crippen molar-refractivity contribution in [3.63, 3.8) is 0 Å². The van der Waals surface area contributed by atoms with Gasteiger partial charge in [-0.05, 0) is 48.8 Å². The van der Waals surface area contributed by atoms with Gasteiger partial charge in [-0.15, -0.1) is 0 Å². The molecule has 0 aliphatic heterocycles. The van der Waals surface area contributed by atoms with Crippen LogP contribution in [0.4, 0.5) is 13.6 Å². The van der Waals surface area contributed by atoms with Crippen molar-refractivity contribution >= 4 is 6.03 Å². The number of hydrogen-bond acceptors (Lipinski definition) is 2. The molecule has 1 aliphatic rings. The van der Waals surface area contributed by atoms with Gasteiger partial charge in [0.25, 0.3) is 0 Å². The number of halogens is 2. The van der Waals surface area contributed by atoms with E-state index in [0.717, 1.165) is 12.5 Å². The lowest BCUT2D eigenvalue weighted by atomic mass is 9.75. The van der Waals surface area contributed by atoms with Crippen LogP contribution in [0.25, 0.3) is 0 Å². The molecule has 1 aliphatic carbocycles. The molecule has 2 aromatic carbocycles. The van der Waals surface area contributed by atoms with Crippen LogP contribution in [0, 0.1) is 11.6 Å². The first-order chi connectivity index (χ1) is 13.0. The molecule has 0 aromatic heterocycles. The fraction of sp³-hybridized carbons (Fsp3) is 0.381. The van der Waals surface area contributed by atoms with Crippen LogP contribution in [-0.2, 0) is 6.42 Å². The van der Waals surface area contributed by atoms with Gasteiger partial charge in [0.1, 0.15) is 11.6 Å². The van der Waals surface area contributed by atoms with E-state index < -0.39 is 11.6 Å². The highest BCUT2D eigenvalue weighted by Gasteiger charge is 2.33. The summed E-state index contributed by atoms with van der Waals surface area (Å²) in [7, 11) is 0. The molecule has 6 heteroatoms. The van der Waals surface area contributed by atoms with Gasteiger partial charge in [0, 0.05) is 24.7 Å². The largest absolute Gasteiger partial charge is 0.338 e. The Kier molecular flexibility index (Phi) is 6.40. The second-order valence-electron chi connectivity index (χ2n) is 7.17. The summed E-state index contributed by atoms with van der Waals surface area (Å²) in [4.78, 5) is 12.0. The number of carbonyl (C=O) groups excluding carboxylic acids is 1. The Bertz CT molecular complexity index is 763. The van der Waals surface area contributed by atoms with E-state index in [2.05, 4.69) is 10.6 Å². The lowest BCUT2D eigenvalue weighted by molar-refractivity contribution is 0.221. The maximum atomic E-state index is 13.8. The average molecular weight is 373 g/mol. The maximum absolute atomic E-state index is 13.8. The van der Waals surface area contributed by atoms with Crippen LogP contribution in [-0.4, -0.2) is 24.7 Å². The number of nitrogens with two attached hydrogens (primary N) is 1. The number of benzene rings is 2. The summed E-state index contributed by atoms with van der Waals surface area (Å²) in [6.45, 7) is 0.503. The Hall–Kier alpha value is -2.47. The average Bonchev–Trinajstić information content (AvgIpc) is 2.59. The monoisotopic (exact) mass is 373 g/mol. The van der Waals surface area contributed by atoms with Gasteiger partial charge in [-0.2, -0.15) is 0 Å². The normalized spacial score (nSPS) is 19.8. The SMILES string of the molecule is NC(CCNC(=O)NC1CC(c2ccc(F)cc2F)C1)Cc1ccccc1. The van der Waals surface area contributed by atoms with Gasteiger partial charge in [0.05, 0.1) is 0 Å². The number of carbonyl (C=O) groups is 1. The first-order valence-corrected chi connectivity index (χ1v) is 9.30. The molecule has 0 radical (unpaired) electrons. The van der Waals surface area contributed by atoms with Crippen LogP contribution in [0.15, 0.2) is 48.5 Å². The molecule has 144 valence electrons. The van der Waals surface area contributed by atoms with E-state index in [-0.39, 0.29) is 24.0 Å². The van der Waals surface area contributed by atoms with Gasteiger partial charge in [-0.25, -0.2) is 13.6 Å². The molecule has 0 heterocycles. The summed E-state index contributed by atoms with van der Waals surface area (Å²) in [6.07, 6.45) is 2.78. The Morgan fingerprint density at radius 2 is 1.89 bits per heavy atom. The fourth-order valence-electron chi connectivity index (χ4n) is 3.45. The van der Waals surface area contributed by atoms with Crippen LogP contribution in [0.2, 0.25) is 0 Å². The van der Waals surface area contributed by atoms with Crippen LogP contribution >= 0.6 is 0 Å².